The molecule has 0 saturated carbocycles. The molecule has 1 aromatic rings. The molecule has 1 atom stereocenters. The topological polar surface area (TPSA) is 63.3 Å². The molecule has 4 nitrogen and oxygen atoms in total. The Morgan fingerprint density at radius 2 is 2.56 bits per heavy atom. The summed E-state index contributed by atoms with van der Waals surface area (Å²) in [5.41, 5.74) is 0.757. The van der Waals surface area contributed by atoms with Gasteiger partial charge in [-0.2, -0.15) is 11.8 Å². The number of carboxylic acids is 1. The van der Waals surface area contributed by atoms with Crippen molar-refractivity contribution in [2.75, 3.05) is 11.5 Å². The molecule has 2 rings (SSSR count). The molecule has 2 heterocycles. The van der Waals surface area contributed by atoms with Gasteiger partial charge in [0.2, 0.25) is 0 Å². The molecule has 1 aliphatic rings. The van der Waals surface area contributed by atoms with Gasteiger partial charge in [0.25, 0.3) is 0 Å². The molecular weight excluding hydrogens is 226 g/mol. The minimum Gasteiger partial charge on any atom is -0.481 e. The molecule has 1 saturated heterocycles. The van der Waals surface area contributed by atoms with Crippen molar-refractivity contribution in [1.82, 2.24) is 4.98 Å². The summed E-state index contributed by atoms with van der Waals surface area (Å²) in [6.45, 7) is 0. The van der Waals surface area contributed by atoms with Crippen LogP contribution in [0.25, 0.3) is 0 Å². The van der Waals surface area contributed by atoms with Gasteiger partial charge >= 0.3 is 5.97 Å². The monoisotopic (exact) mass is 241 g/mol. The smallest absolute Gasteiger partial charge is 0.303 e. The second kappa shape index (κ2) is 5.39. The van der Waals surface area contributed by atoms with Gasteiger partial charge in [-0.15, -0.1) is 0 Å². The van der Waals surface area contributed by atoms with Crippen molar-refractivity contribution in [2.45, 2.75) is 31.6 Å². The summed E-state index contributed by atoms with van der Waals surface area (Å²) in [5.74, 6) is 2.70. The third kappa shape index (κ3) is 3.01. The number of aryl methyl sites for hydroxylation is 1. The van der Waals surface area contributed by atoms with E-state index in [9.17, 15) is 4.79 Å². The minimum absolute atomic E-state index is 0.116. The van der Waals surface area contributed by atoms with Crippen LogP contribution in [0.2, 0.25) is 0 Å². The van der Waals surface area contributed by atoms with E-state index in [1.54, 1.807) is 6.26 Å². The molecule has 88 valence electrons. The number of carbonyl (C=O) groups is 1. The van der Waals surface area contributed by atoms with Crippen molar-refractivity contribution in [3.05, 3.63) is 17.8 Å². The number of hydrogen-bond donors (Lipinski definition) is 1. The highest BCUT2D eigenvalue weighted by atomic mass is 32.2. The third-order valence-corrected chi connectivity index (χ3v) is 3.89. The van der Waals surface area contributed by atoms with Crippen molar-refractivity contribution in [3.63, 3.8) is 0 Å². The number of thioether (sulfide) groups is 1. The van der Waals surface area contributed by atoms with Gasteiger partial charge < -0.3 is 9.52 Å². The van der Waals surface area contributed by atoms with Crippen molar-refractivity contribution in [1.29, 1.82) is 0 Å². The number of rotatable bonds is 4. The molecule has 0 radical (unpaired) electrons. The van der Waals surface area contributed by atoms with E-state index in [-0.39, 0.29) is 6.42 Å². The lowest BCUT2D eigenvalue weighted by Gasteiger charge is -2.17. The largest absolute Gasteiger partial charge is 0.481 e. The Morgan fingerprint density at radius 1 is 1.69 bits per heavy atom. The molecule has 1 unspecified atom stereocenters. The molecule has 0 amide bonds. The van der Waals surface area contributed by atoms with Gasteiger partial charge in [0.05, 0.1) is 12.1 Å². The average Bonchev–Trinajstić information content (AvgIpc) is 2.76. The van der Waals surface area contributed by atoms with Gasteiger partial charge in [0.1, 0.15) is 6.26 Å². The number of nitrogens with zero attached hydrogens (tertiary/aromatic N) is 1. The number of hydrogen-bond acceptors (Lipinski definition) is 4. The molecular formula is C11H15NO3S. The first-order valence-corrected chi connectivity index (χ1v) is 6.65. The average molecular weight is 241 g/mol. The molecule has 16 heavy (non-hydrogen) atoms. The highest BCUT2D eigenvalue weighted by molar-refractivity contribution is 7.99. The predicted molar refractivity (Wildman–Crippen MR) is 61.8 cm³/mol. The second-order valence-corrected chi connectivity index (χ2v) is 5.13. The second-order valence-electron chi connectivity index (χ2n) is 3.98. The predicted octanol–water partition coefficient (Wildman–Crippen LogP) is 2.30. The number of aromatic nitrogens is 1. The summed E-state index contributed by atoms with van der Waals surface area (Å²) in [4.78, 5) is 14.8. The summed E-state index contributed by atoms with van der Waals surface area (Å²) in [5, 5.41) is 8.57. The van der Waals surface area contributed by atoms with Crippen LogP contribution in [0.4, 0.5) is 0 Å². The lowest BCUT2D eigenvalue weighted by atomic mass is 10.1. The quantitative estimate of drug-likeness (QED) is 0.876. The minimum atomic E-state index is -0.794. The molecule has 1 aromatic heterocycles. The van der Waals surface area contributed by atoms with E-state index in [2.05, 4.69) is 4.98 Å². The summed E-state index contributed by atoms with van der Waals surface area (Å²) in [7, 11) is 0. The highest BCUT2D eigenvalue weighted by Gasteiger charge is 2.20. The van der Waals surface area contributed by atoms with E-state index in [0.29, 0.717) is 12.3 Å². The SMILES string of the molecule is O=C(O)CCc1coc(C2CCCSC2)n1. The van der Waals surface area contributed by atoms with Crippen LogP contribution in [0.15, 0.2) is 10.7 Å². The van der Waals surface area contributed by atoms with Crippen LogP contribution in [-0.2, 0) is 11.2 Å². The standard InChI is InChI=1S/C11H15NO3S/c13-10(14)4-3-9-6-15-11(12-9)8-2-1-5-16-7-8/h6,8H,1-5,7H2,(H,13,14). The summed E-state index contributed by atoms with van der Waals surface area (Å²) >= 11 is 1.93. The van der Waals surface area contributed by atoms with Crippen molar-refractivity contribution >= 4 is 17.7 Å². The van der Waals surface area contributed by atoms with Crippen molar-refractivity contribution in [2.24, 2.45) is 0 Å². The highest BCUT2D eigenvalue weighted by Crippen LogP contribution is 2.30. The number of carboxylic acid groups (broad SMARTS) is 1. The van der Waals surface area contributed by atoms with Gasteiger partial charge in [-0.3, -0.25) is 4.79 Å². The fourth-order valence-electron chi connectivity index (χ4n) is 1.80. The fourth-order valence-corrected chi connectivity index (χ4v) is 2.93. The van der Waals surface area contributed by atoms with Crippen LogP contribution >= 0.6 is 11.8 Å². The van der Waals surface area contributed by atoms with E-state index >= 15 is 0 Å². The molecule has 0 spiro atoms. The van der Waals surface area contributed by atoms with Crippen molar-refractivity contribution < 1.29 is 14.3 Å². The van der Waals surface area contributed by atoms with Gasteiger partial charge in [0, 0.05) is 18.1 Å². The van der Waals surface area contributed by atoms with Crippen LogP contribution in [0, 0.1) is 0 Å². The van der Waals surface area contributed by atoms with E-state index < -0.39 is 5.97 Å². The van der Waals surface area contributed by atoms with Crippen LogP contribution < -0.4 is 0 Å². The zero-order chi connectivity index (χ0) is 11.4. The lowest BCUT2D eigenvalue weighted by molar-refractivity contribution is -0.136. The Kier molecular flexibility index (Phi) is 3.88. The van der Waals surface area contributed by atoms with Crippen molar-refractivity contribution in [3.8, 4) is 0 Å². The molecule has 1 N–H and O–H groups in total. The van der Waals surface area contributed by atoms with E-state index in [0.717, 1.165) is 23.8 Å². The normalized spacial score (nSPS) is 20.9. The first-order chi connectivity index (χ1) is 7.75. The first-order valence-electron chi connectivity index (χ1n) is 5.49. The van der Waals surface area contributed by atoms with Crippen LogP contribution in [0.5, 0.6) is 0 Å². The summed E-state index contributed by atoms with van der Waals surface area (Å²) in [6, 6.07) is 0. The van der Waals surface area contributed by atoms with Gasteiger partial charge in [-0.1, -0.05) is 0 Å². The van der Waals surface area contributed by atoms with Crippen LogP contribution in [0.3, 0.4) is 0 Å². The third-order valence-electron chi connectivity index (χ3n) is 2.67. The van der Waals surface area contributed by atoms with Crippen LogP contribution in [0.1, 0.15) is 36.8 Å². The Morgan fingerprint density at radius 3 is 3.25 bits per heavy atom. The molecule has 0 aliphatic carbocycles. The Balaban J connectivity index is 1.93. The molecule has 1 aliphatic heterocycles. The zero-order valence-corrected chi connectivity index (χ0v) is 9.83. The first kappa shape index (κ1) is 11.5. The van der Waals surface area contributed by atoms with E-state index in [1.807, 2.05) is 11.8 Å². The molecule has 0 bridgehead atoms. The number of oxazole rings is 1. The van der Waals surface area contributed by atoms with E-state index in [4.69, 9.17) is 9.52 Å². The van der Waals surface area contributed by atoms with E-state index in [1.165, 1.54) is 12.2 Å². The lowest BCUT2D eigenvalue weighted by Crippen LogP contribution is -2.09. The maximum absolute atomic E-state index is 10.4. The van der Waals surface area contributed by atoms with Gasteiger partial charge in [-0.25, -0.2) is 4.98 Å². The van der Waals surface area contributed by atoms with Crippen LogP contribution in [-0.4, -0.2) is 27.6 Å². The Labute approximate surface area is 98.4 Å². The Bertz CT molecular complexity index is 358. The molecule has 1 fully saturated rings. The maximum Gasteiger partial charge on any atom is 0.303 e. The number of aliphatic carboxylic acids is 1. The summed E-state index contributed by atoms with van der Waals surface area (Å²) < 4.78 is 5.42. The summed E-state index contributed by atoms with van der Waals surface area (Å²) in [6.07, 6.45) is 4.51. The fraction of sp³-hybridized carbons (Fsp3) is 0.636. The Hall–Kier alpha value is -0.970. The molecule has 5 heteroatoms. The van der Waals surface area contributed by atoms with Gasteiger partial charge in [0.15, 0.2) is 5.89 Å². The maximum atomic E-state index is 10.4. The molecule has 0 aromatic carbocycles. The zero-order valence-electron chi connectivity index (χ0n) is 9.02. The van der Waals surface area contributed by atoms with Gasteiger partial charge in [-0.05, 0) is 18.6 Å².